The van der Waals surface area contributed by atoms with E-state index >= 15 is 0 Å². The Morgan fingerprint density at radius 3 is 2.45 bits per heavy atom. The minimum atomic E-state index is -3.45. The summed E-state index contributed by atoms with van der Waals surface area (Å²) in [6.45, 7) is 2.58. The van der Waals surface area contributed by atoms with Crippen LogP contribution in [0.15, 0.2) is 23.1 Å². The zero-order valence-electron chi connectivity index (χ0n) is 13.0. The van der Waals surface area contributed by atoms with Gasteiger partial charge in [-0.15, -0.1) is 0 Å². The summed E-state index contributed by atoms with van der Waals surface area (Å²) in [5, 5.41) is 0.153. The molecule has 0 bridgehead atoms. The van der Waals surface area contributed by atoms with Gasteiger partial charge >= 0.3 is 0 Å². The van der Waals surface area contributed by atoms with E-state index in [-0.39, 0.29) is 21.9 Å². The molecule has 0 spiro atoms. The fourth-order valence-corrected chi connectivity index (χ4v) is 4.35. The molecule has 0 radical (unpaired) electrons. The smallest absolute Gasteiger partial charge is 0.254 e. The summed E-state index contributed by atoms with van der Waals surface area (Å²) in [6, 6.07) is 4.74. The third-order valence-electron chi connectivity index (χ3n) is 4.19. The summed E-state index contributed by atoms with van der Waals surface area (Å²) in [5.41, 5.74) is 0.386. The molecule has 1 aliphatic carbocycles. The molecule has 22 heavy (non-hydrogen) atoms. The Balaban J connectivity index is 2.31. The van der Waals surface area contributed by atoms with Crippen molar-refractivity contribution in [1.29, 1.82) is 0 Å². The second-order valence-corrected chi connectivity index (χ2v) is 8.19. The summed E-state index contributed by atoms with van der Waals surface area (Å²) in [7, 11) is -3.45. The summed E-state index contributed by atoms with van der Waals surface area (Å²) in [6.07, 6.45) is 6.65. The highest BCUT2D eigenvalue weighted by atomic mass is 35.5. The van der Waals surface area contributed by atoms with E-state index in [9.17, 15) is 13.2 Å². The van der Waals surface area contributed by atoms with Crippen LogP contribution in [0.5, 0.6) is 0 Å². The van der Waals surface area contributed by atoms with Crippen LogP contribution in [0, 0.1) is 0 Å². The van der Waals surface area contributed by atoms with Crippen LogP contribution in [0.2, 0.25) is 5.02 Å². The number of amides is 1. The fourth-order valence-electron chi connectivity index (χ4n) is 3.05. The molecule has 1 amide bonds. The first kappa shape index (κ1) is 17.3. The van der Waals surface area contributed by atoms with Crippen molar-refractivity contribution in [3.05, 3.63) is 28.8 Å². The number of hydrogen-bond acceptors (Lipinski definition) is 3. The summed E-state index contributed by atoms with van der Waals surface area (Å²) >= 11 is 5.94. The zero-order valence-corrected chi connectivity index (χ0v) is 14.6. The maximum atomic E-state index is 12.8. The number of rotatable bonds is 4. The van der Waals surface area contributed by atoms with Crippen molar-refractivity contribution in [3.63, 3.8) is 0 Å². The number of carbonyl (C=O) groups excluding carboxylic acids is 1. The molecule has 6 heteroatoms. The number of nitrogens with zero attached hydrogens (tertiary/aromatic N) is 1. The van der Waals surface area contributed by atoms with Crippen molar-refractivity contribution >= 4 is 27.3 Å². The molecular weight excluding hydrogens is 322 g/mol. The highest BCUT2D eigenvalue weighted by Crippen LogP contribution is 2.26. The molecule has 0 atom stereocenters. The monoisotopic (exact) mass is 343 g/mol. The van der Waals surface area contributed by atoms with Crippen LogP contribution in [0.4, 0.5) is 0 Å². The van der Waals surface area contributed by atoms with E-state index in [1.807, 2.05) is 11.8 Å². The summed E-state index contributed by atoms with van der Waals surface area (Å²) < 4.78 is 23.5. The third-order valence-corrected chi connectivity index (χ3v) is 5.77. The van der Waals surface area contributed by atoms with Gasteiger partial charge in [-0.1, -0.05) is 30.9 Å². The van der Waals surface area contributed by atoms with E-state index in [0.29, 0.717) is 12.1 Å². The number of benzene rings is 1. The summed E-state index contributed by atoms with van der Waals surface area (Å²) in [4.78, 5) is 14.6. The molecule has 0 aromatic heterocycles. The van der Waals surface area contributed by atoms with Gasteiger partial charge in [-0.3, -0.25) is 4.79 Å². The van der Waals surface area contributed by atoms with Gasteiger partial charge in [0.1, 0.15) is 0 Å². The van der Waals surface area contributed by atoms with Crippen molar-refractivity contribution in [2.24, 2.45) is 0 Å². The normalized spacial score (nSPS) is 16.5. The average molecular weight is 344 g/mol. The maximum absolute atomic E-state index is 12.8. The largest absolute Gasteiger partial charge is 0.336 e. The van der Waals surface area contributed by atoms with Gasteiger partial charge in [0.25, 0.3) is 5.91 Å². The van der Waals surface area contributed by atoms with Crippen LogP contribution in [0.1, 0.15) is 49.4 Å². The molecule has 1 aromatic rings. The first-order valence-electron chi connectivity index (χ1n) is 7.65. The molecule has 0 aliphatic heterocycles. The van der Waals surface area contributed by atoms with Crippen molar-refractivity contribution in [2.45, 2.75) is 50.0 Å². The highest BCUT2D eigenvalue weighted by molar-refractivity contribution is 7.90. The lowest BCUT2D eigenvalue weighted by Gasteiger charge is -2.33. The number of carbonyl (C=O) groups is 1. The number of halogens is 1. The van der Waals surface area contributed by atoms with Crippen LogP contribution >= 0.6 is 11.6 Å². The van der Waals surface area contributed by atoms with Gasteiger partial charge in [-0.05, 0) is 38.0 Å². The first-order valence-corrected chi connectivity index (χ1v) is 9.92. The Bertz CT molecular complexity index is 651. The van der Waals surface area contributed by atoms with Crippen molar-refractivity contribution in [1.82, 2.24) is 4.90 Å². The lowest BCUT2D eigenvalue weighted by molar-refractivity contribution is 0.0647. The molecule has 0 saturated heterocycles. The van der Waals surface area contributed by atoms with E-state index in [0.717, 1.165) is 31.9 Å². The maximum Gasteiger partial charge on any atom is 0.254 e. The predicted octanol–water partition coefficient (Wildman–Crippen LogP) is 3.54. The van der Waals surface area contributed by atoms with Crippen molar-refractivity contribution < 1.29 is 13.2 Å². The quantitative estimate of drug-likeness (QED) is 0.840. The molecule has 0 N–H and O–H groups in total. The van der Waals surface area contributed by atoms with Crippen LogP contribution in [0.3, 0.4) is 0 Å². The molecule has 1 aliphatic rings. The lowest BCUT2D eigenvalue weighted by atomic mass is 9.93. The van der Waals surface area contributed by atoms with E-state index in [2.05, 4.69) is 0 Å². The van der Waals surface area contributed by atoms with Gasteiger partial charge in [-0.2, -0.15) is 0 Å². The second-order valence-electron chi connectivity index (χ2n) is 5.80. The SMILES string of the molecule is CCN(C(=O)c1ccc(Cl)c(S(C)(=O)=O)c1)C1CCCCC1. The van der Waals surface area contributed by atoms with Gasteiger partial charge < -0.3 is 4.90 Å². The minimum Gasteiger partial charge on any atom is -0.336 e. The van der Waals surface area contributed by atoms with Gasteiger partial charge in [0.2, 0.25) is 0 Å². The third kappa shape index (κ3) is 3.82. The Morgan fingerprint density at radius 2 is 1.91 bits per heavy atom. The molecule has 2 rings (SSSR count). The van der Waals surface area contributed by atoms with Gasteiger partial charge in [0, 0.05) is 24.4 Å². The molecular formula is C16H22ClNO3S. The Morgan fingerprint density at radius 1 is 1.27 bits per heavy atom. The van der Waals surface area contributed by atoms with E-state index < -0.39 is 9.84 Å². The Labute approximate surface area is 137 Å². The minimum absolute atomic E-state index is 0.0136. The fraction of sp³-hybridized carbons (Fsp3) is 0.562. The summed E-state index contributed by atoms with van der Waals surface area (Å²) in [5.74, 6) is -0.115. The van der Waals surface area contributed by atoms with Gasteiger partial charge in [-0.25, -0.2) is 8.42 Å². The van der Waals surface area contributed by atoms with Crippen LogP contribution in [-0.2, 0) is 9.84 Å². The van der Waals surface area contributed by atoms with E-state index in [1.165, 1.54) is 18.6 Å². The lowest BCUT2D eigenvalue weighted by Crippen LogP contribution is -2.41. The van der Waals surface area contributed by atoms with Gasteiger partial charge in [0.05, 0.1) is 9.92 Å². The zero-order chi connectivity index (χ0) is 16.3. The van der Waals surface area contributed by atoms with E-state index in [4.69, 9.17) is 11.6 Å². The van der Waals surface area contributed by atoms with Crippen LogP contribution in [0.25, 0.3) is 0 Å². The molecule has 1 saturated carbocycles. The second kappa shape index (κ2) is 7.01. The molecule has 0 unspecified atom stereocenters. The number of hydrogen-bond donors (Lipinski definition) is 0. The topological polar surface area (TPSA) is 54.5 Å². The van der Waals surface area contributed by atoms with Crippen molar-refractivity contribution in [3.8, 4) is 0 Å². The predicted molar refractivity (Wildman–Crippen MR) is 88.1 cm³/mol. The molecule has 0 heterocycles. The number of sulfone groups is 1. The standard InChI is InChI=1S/C16H22ClNO3S/c1-3-18(13-7-5-4-6-8-13)16(19)12-9-10-14(17)15(11-12)22(2,20)21/h9-11,13H,3-8H2,1-2H3. The molecule has 1 aromatic carbocycles. The van der Waals surface area contributed by atoms with Crippen molar-refractivity contribution in [2.75, 3.05) is 12.8 Å². The molecule has 122 valence electrons. The van der Waals surface area contributed by atoms with E-state index in [1.54, 1.807) is 6.07 Å². The van der Waals surface area contributed by atoms with Crippen LogP contribution in [-0.4, -0.2) is 38.1 Å². The Hall–Kier alpha value is -1.07. The van der Waals surface area contributed by atoms with Gasteiger partial charge in [0.15, 0.2) is 9.84 Å². The molecule has 1 fully saturated rings. The van der Waals surface area contributed by atoms with Crippen LogP contribution < -0.4 is 0 Å². The highest BCUT2D eigenvalue weighted by Gasteiger charge is 2.26. The molecule has 4 nitrogen and oxygen atoms in total. The Kier molecular flexibility index (Phi) is 5.50. The first-order chi connectivity index (χ1) is 10.3. The average Bonchev–Trinajstić information content (AvgIpc) is 2.48.